The molecule has 152 valence electrons. The highest BCUT2D eigenvalue weighted by Gasteiger charge is 2.31. The monoisotopic (exact) mass is 410 g/mol. The molecule has 1 aliphatic heterocycles. The lowest BCUT2D eigenvalue weighted by atomic mass is 9.92. The van der Waals surface area contributed by atoms with Gasteiger partial charge in [0.25, 0.3) is 0 Å². The topological polar surface area (TPSA) is 50.8 Å². The molecule has 1 atom stereocenters. The lowest BCUT2D eigenvalue weighted by Crippen LogP contribution is -2.45. The fourth-order valence-corrected chi connectivity index (χ4v) is 3.63. The van der Waals surface area contributed by atoms with E-state index in [9.17, 15) is 4.79 Å². The Morgan fingerprint density at radius 3 is 2.45 bits per heavy atom. The molecule has 2 aromatic rings. The van der Waals surface area contributed by atoms with Crippen molar-refractivity contribution in [2.75, 3.05) is 14.2 Å². The molecule has 1 N–H and O–H groups in total. The molecule has 0 saturated carbocycles. The first-order valence-corrected chi connectivity index (χ1v) is 9.85. The van der Waals surface area contributed by atoms with Crippen LogP contribution in [0.2, 0.25) is 0 Å². The number of Topliss-reactive ketones (excluding diaryl/α,β-unsaturated/α-hetero) is 1. The van der Waals surface area contributed by atoms with E-state index in [4.69, 9.17) is 21.7 Å². The fraction of sp³-hybridized carbons (Fsp3) is 0.304. The Hall–Kier alpha value is -2.86. The van der Waals surface area contributed by atoms with Gasteiger partial charge in [-0.15, -0.1) is 0 Å². The molecular formula is C23H26N2O3S. The van der Waals surface area contributed by atoms with Gasteiger partial charge in [0.05, 0.1) is 13.2 Å². The van der Waals surface area contributed by atoms with Crippen molar-refractivity contribution in [2.45, 2.75) is 33.4 Å². The van der Waals surface area contributed by atoms with E-state index in [0.717, 1.165) is 16.8 Å². The molecule has 0 bridgehead atoms. The number of ether oxygens (including phenoxy) is 2. The van der Waals surface area contributed by atoms with Crippen LogP contribution in [0.5, 0.6) is 11.5 Å². The molecule has 1 unspecified atom stereocenters. The molecule has 0 fully saturated rings. The van der Waals surface area contributed by atoms with Crippen LogP contribution in [0.15, 0.2) is 53.7 Å². The first kappa shape index (κ1) is 20.9. The maximum Gasteiger partial charge on any atom is 0.173 e. The van der Waals surface area contributed by atoms with E-state index in [2.05, 4.69) is 24.4 Å². The minimum absolute atomic E-state index is 0.00675. The highest BCUT2D eigenvalue weighted by atomic mass is 32.1. The van der Waals surface area contributed by atoms with Crippen molar-refractivity contribution in [3.63, 3.8) is 0 Å². The van der Waals surface area contributed by atoms with Crippen LogP contribution in [0.1, 0.15) is 36.6 Å². The number of methoxy groups -OCH3 is 1. The van der Waals surface area contributed by atoms with Crippen molar-refractivity contribution in [3.8, 4) is 11.5 Å². The molecule has 0 radical (unpaired) electrons. The van der Waals surface area contributed by atoms with Gasteiger partial charge in [0, 0.05) is 18.3 Å². The molecule has 1 aliphatic rings. The minimum atomic E-state index is -0.330. The van der Waals surface area contributed by atoms with Crippen molar-refractivity contribution in [2.24, 2.45) is 0 Å². The highest BCUT2D eigenvalue weighted by molar-refractivity contribution is 7.80. The summed E-state index contributed by atoms with van der Waals surface area (Å²) >= 11 is 5.44. The van der Waals surface area contributed by atoms with Crippen molar-refractivity contribution < 1.29 is 14.3 Å². The number of nitrogens with zero attached hydrogens (tertiary/aromatic N) is 1. The number of rotatable bonds is 6. The quantitative estimate of drug-likeness (QED) is 0.717. The summed E-state index contributed by atoms with van der Waals surface area (Å²) in [7, 11) is 3.47. The van der Waals surface area contributed by atoms with E-state index < -0.39 is 0 Å². The van der Waals surface area contributed by atoms with Crippen molar-refractivity contribution in [1.82, 2.24) is 10.2 Å². The molecule has 3 rings (SSSR count). The van der Waals surface area contributed by atoms with Crippen LogP contribution >= 0.6 is 12.2 Å². The number of carbonyl (C=O) groups is 1. The van der Waals surface area contributed by atoms with Gasteiger partial charge in [-0.1, -0.05) is 35.9 Å². The van der Waals surface area contributed by atoms with Crippen LogP contribution in [-0.2, 0) is 11.4 Å². The highest BCUT2D eigenvalue weighted by Crippen LogP contribution is 2.36. The largest absolute Gasteiger partial charge is 0.493 e. The summed E-state index contributed by atoms with van der Waals surface area (Å²) in [5.74, 6) is 1.27. The third-order valence-electron chi connectivity index (χ3n) is 5.17. The molecule has 29 heavy (non-hydrogen) atoms. The van der Waals surface area contributed by atoms with Crippen LogP contribution in [-0.4, -0.2) is 30.0 Å². The summed E-state index contributed by atoms with van der Waals surface area (Å²) in [6.07, 6.45) is 0. The Bertz CT molecular complexity index is 967. The average Bonchev–Trinajstić information content (AvgIpc) is 2.70. The second kappa shape index (κ2) is 8.66. The number of allylic oxidation sites excluding steroid dienone is 1. The number of thiocarbonyl (C=S) groups is 1. The zero-order valence-corrected chi connectivity index (χ0v) is 18.2. The van der Waals surface area contributed by atoms with Crippen molar-refractivity contribution in [1.29, 1.82) is 0 Å². The predicted molar refractivity (Wildman–Crippen MR) is 118 cm³/mol. The van der Waals surface area contributed by atoms with Gasteiger partial charge in [-0.25, -0.2) is 0 Å². The Balaban J connectivity index is 1.94. The van der Waals surface area contributed by atoms with Gasteiger partial charge in [-0.05, 0) is 56.2 Å². The predicted octanol–water partition coefficient (Wildman–Crippen LogP) is 4.31. The molecule has 1 heterocycles. The molecule has 0 aliphatic carbocycles. The normalized spacial score (nSPS) is 16.5. The number of ketones is 1. The molecule has 0 aromatic heterocycles. The average molecular weight is 411 g/mol. The summed E-state index contributed by atoms with van der Waals surface area (Å²) in [4.78, 5) is 14.2. The van der Waals surface area contributed by atoms with E-state index in [1.807, 2.05) is 49.2 Å². The Morgan fingerprint density at radius 1 is 1.14 bits per heavy atom. The second-order valence-electron chi connectivity index (χ2n) is 7.18. The Kier molecular flexibility index (Phi) is 6.23. The molecule has 5 nitrogen and oxygen atoms in total. The summed E-state index contributed by atoms with van der Waals surface area (Å²) in [6, 6.07) is 13.6. The van der Waals surface area contributed by atoms with Crippen molar-refractivity contribution >= 4 is 23.1 Å². The van der Waals surface area contributed by atoms with Gasteiger partial charge in [0.1, 0.15) is 6.61 Å². The van der Waals surface area contributed by atoms with Gasteiger partial charge >= 0.3 is 0 Å². The molecule has 2 aromatic carbocycles. The van der Waals surface area contributed by atoms with E-state index in [0.29, 0.717) is 28.8 Å². The smallest absolute Gasteiger partial charge is 0.173 e. The number of nitrogens with one attached hydrogen (secondary N) is 1. The van der Waals surface area contributed by atoms with Gasteiger partial charge < -0.3 is 19.7 Å². The van der Waals surface area contributed by atoms with Crippen LogP contribution in [0.3, 0.4) is 0 Å². The minimum Gasteiger partial charge on any atom is -0.493 e. The Morgan fingerprint density at radius 2 is 1.83 bits per heavy atom. The molecule has 0 amide bonds. The molecule has 0 saturated heterocycles. The van der Waals surface area contributed by atoms with E-state index in [-0.39, 0.29) is 11.8 Å². The summed E-state index contributed by atoms with van der Waals surface area (Å²) in [5.41, 5.74) is 4.71. The second-order valence-corrected chi connectivity index (χ2v) is 7.57. The number of hydrogen-bond acceptors (Lipinski definition) is 4. The van der Waals surface area contributed by atoms with E-state index >= 15 is 0 Å². The van der Waals surface area contributed by atoms with Crippen LogP contribution in [0.4, 0.5) is 0 Å². The van der Waals surface area contributed by atoms with Gasteiger partial charge in [-0.3, -0.25) is 4.79 Å². The van der Waals surface area contributed by atoms with Gasteiger partial charge in [0.2, 0.25) is 0 Å². The third kappa shape index (κ3) is 4.43. The molecule has 0 spiro atoms. The van der Waals surface area contributed by atoms with Gasteiger partial charge in [0.15, 0.2) is 22.4 Å². The first-order valence-electron chi connectivity index (χ1n) is 9.44. The van der Waals surface area contributed by atoms with E-state index in [1.54, 1.807) is 14.0 Å². The maximum absolute atomic E-state index is 12.4. The lowest BCUT2D eigenvalue weighted by Gasteiger charge is -2.35. The van der Waals surface area contributed by atoms with Crippen molar-refractivity contribution in [3.05, 3.63) is 70.4 Å². The zero-order chi connectivity index (χ0) is 21.1. The van der Waals surface area contributed by atoms with Crippen LogP contribution in [0, 0.1) is 6.92 Å². The lowest BCUT2D eigenvalue weighted by molar-refractivity contribution is -0.114. The first-order chi connectivity index (χ1) is 13.8. The SMILES string of the molecule is COc1ccc(C2NC(=S)N(C)C(C)=C2C(C)=O)cc1OCc1ccc(C)cc1. The fourth-order valence-electron chi connectivity index (χ4n) is 3.37. The number of carbonyl (C=O) groups excluding carboxylic acids is 1. The summed E-state index contributed by atoms with van der Waals surface area (Å²) < 4.78 is 11.5. The molecular weight excluding hydrogens is 384 g/mol. The maximum atomic E-state index is 12.4. The number of benzene rings is 2. The van der Waals surface area contributed by atoms with Gasteiger partial charge in [-0.2, -0.15) is 0 Å². The van der Waals surface area contributed by atoms with E-state index in [1.165, 1.54) is 5.56 Å². The number of aryl methyl sites for hydroxylation is 1. The molecule has 6 heteroatoms. The summed E-state index contributed by atoms with van der Waals surface area (Å²) in [6.45, 7) is 5.97. The summed E-state index contributed by atoms with van der Waals surface area (Å²) in [5, 5.41) is 3.85. The zero-order valence-electron chi connectivity index (χ0n) is 17.4. The standard InChI is InChI=1S/C23H26N2O3S/c1-14-6-8-17(9-7-14)13-28-20-12-18(10-11-19(20)27-5)22-21(16(3)26)15(2)25(4)23(29)24-22/h6-12,22H,13H2,1-5H3,(H,24,29). The number of hydrogen-bond donors (Lipinski definition) is 1. The van der Waals surface area contributed by atoms with Crippen LogP contribution in [0.25, 0.3) is 0 Å². The Labute approximate surface area is 177 Å². The third-order valence-corrected chi connectivity index (χ3v) is 5.56. The van der Waals surface area contributed by atoms with Crippen LogP contribution < -0.4 is 14.8 Å².